The molecule has 0 bridgehead atoms. The van der Waals surface area contributed by atoms with E-state index >= 15 is 0 Å². The smallest absolute Gasteiger partial charge is 0.169 e. The second-order valence-electron chi connectivity index (χ2n) is 3.25. The molecule has 0 saturated carbocycles. The third-order valence-corrected chi connectivity index (χ3v) is 2.57. The van der Waals surface area contributed by atoms with Crippen LogP contribution < -0.4 is 11.5 Å². The maximum absolute atomic E-state index is 6.07. The first-order valence-corrected chi connectivity index (χ1v) is 4.82. The van der Waals surface area contributed by atoms with E-state index in [9.17, 15) is 0 Å². The number of nitrogen functional groups attached to an aromatic ring is 2. The Morgan fingerprint density at radius 2 is 1.93 bits per heavy atom. The monoisotopic (exact) mass is 222 g/mol. The van der Waals surface area contributed by atoms with Crippen LogP contribution in [0.5, 0.6) is 0 Å². The minimum Gasteiger partial charge on any atom is -0.394 e. The molecule has 5 heteroatoms. The minimum absolute atomic E-state index is 0.326. The van der Waals surface area contributed by atoms with Gasteiger partial charge in [-0.05, 0) is 6.07 Å². The lowest BCUT2D eigenvalue weighted by Gasteiger charge is -2.05. The van der Waals surface area contributed by atoms with E-state index in [0.717, 1.165) is 11.3 Å². The molecule has 2 aromatic rings. The highest BCUT2D eigenvalue weighted by atomic mass is 35.5. The van der Waals surface area contributed by atoms with E-state index in [2.05, 4.69) is 5.10 Å². The number of hydrogen-bond acceptors (Lipinski definition) is 3. The molecule has 0 atom stereocenters. The second-order valence-corrected chi connectivity index (χ2v) is 3.66. The van der Waals surface area contributed by atoms with Gasteiger partial charge in [-0.3, -0.25) is 4.68 Å². The second kappa shape index (κ2) is 3.47. The molecule has 0 aliphatic heterocycles. The van der Waals surface area contributed by atoms with Crippen LogP contribution in [0.25, 0.3) is 11.3 Å². The molecule has 4 nitrogen and oxygen atoms in total. The lowest BCUT2D eigenvalue weighted by molar-refractivity contribution is 0.780. The van der Waals surface area contributed by atoms with Gasteiger partial charge in [-0.2, -0.15) is 5.10 Å². The third-order valence-electron chi connectivity index (χ3n) is 2.24. The molecular weight excluding hydrogens is 212 g/mol. The first kappa shape index (κ1) is 9.86. The lowest BCUT2D eigenvalue weighted by atomic mass is 10.1. The number of nitrogens with two attached hydrogens (primary N) is 2. The molecule has 0 spiro atoms. The first-order chi connectivity index (χ1) is 7.11. The summed E-state index contributed by atoms with van der Waals surface area (Å²) in [6, 6.07) is 7.44. The maximum Gasteiger partial charge on any atom is 0.169 e. The SMILES string of the molecule is Cn1nc(N)c(N)c1-c1ccccc1Cl. The van der Waals surface area contributed by atoms with Crippen LogP contribution in [0.3, 0.4) is 0 Å². The quantitative estimate of drug-likeness (QED) is 0.774. The highest BCUT2D eigenvalue weighted by molar-refractivity contribution is 6.33. The fourth-order valence-corrected chi connectivity index (χ4v) is 1.76. The number of rotatable bonds is 1. The van der Waals surface area contributed by atoms with Crippen molar-refractivity contribution in [2.45, 2.75) is 0 Å². The van der Waals surface area contributed by atoms with Gasteiger partial charge in [-0.15, -0.1) is 0 Å². The number of halogens is 1. The molecular formula is C10H11ClN4. The van der Waals surface area contributed by atoms with Gasteiger partial charge >= 0.3 is 0 Å². The van der Waals surface area contributed by atoms with Crippen LogP contribution in [0.1, 0.15) is 0 Å². The van der Waals surface area contributed by atoms with E-state index in [1.807, 2.05) is 18.2 Å². The Labute approximate surface area is 92.4 Å². The number of nitrogens with zero attached hydrogens (tertiary/aromatic N) is 2. The van der Waals surface area contributed by atoms with Crippen LogP contribution in [-0.2, 0) is 7.05 Å². The van der Waals surface area contributed by atoms with Crippen LogP contribution in [0.15, 0.2) is 24.3 Å². The summed E-state index contributed by atoms with van der Waals surface area (Å²) < 4.78 is 1.63. The summed E-state index contributed by atoms with van der Waals surface area (Å²) in [7, 11) is 1.78. The molecule has 1 heterocycles. The van der Waals surface area contributed by atoms with Gasteiger partial charge < -0.3 is 11.5 Å². The van der Waals surface area contributed by atoms with Gasteiger partial charge in [0.1, 0.15) is 5.69 Å². The van der Waals surface area contributed by atoms with Crippen molar-refractivity contribution in [1.82, 2.24) is 9.78 Å². The van der Waals surface area contributed by atoms with Crippen molar-refractivity contribution in [3.05, 3.63) is 29.3 Å². The average molecular weight is 223 g/mol. The average Bonchev–Trinajstić information content (AvgIpc) is 2.43. The van der Waals surface area contributed by atoms with Crippen molar-refractivity contribution in [3.8, 4) is 11.3 Å². The van der Waals surface area contributed by atoms with E-state index in [-0.39, 0.29) is 0 Å². The zero-order chi connectivity index (χ0) is 11.0. The molecule has 1 aromatic heterocycles. The van der Waals surface area contributed by atoms with Crippen molar-refractivity contribution in [1.29, 1.82) is 0 Å². The molecule has 15 heavy (non-hydrogen) atoms. The van der Waals surface area contributed by atoms with E-state index in [1.165, 1.54) is 0 Å². The van der Waals surface area contributed by atoms with Gasteiger partial charge in [0.2, 0.25) is 0 Å². The Bertz CT molecular complexity index is 504. The van der Waals surface area contributed by atoms with E-state index < -0.39 is 0 Å². The zero-order valence-corrected chi connectivity index (χ0v) is 8.99. The van der Waals surface area contributed by atoms with E-state index in [0.29, 0.717) is 16.5 Å². The summed E-state index contributed by atoms with van der Waals surface area (Å²) in [6.45, 7) is 0. The van der Waals surface area contributed by atoms with E-state index in [4.69, 9.17) is 23.1 Å². The molecule has 0 radical (unpaired) electrons. The van der Waals surface area contributed by atoms with Gasteiger partial charge in [0, 0.05) is 12.6 Å². The minimum atomic E-state index is 0.326. The number of aryl methyl sites for hydroxylation is 1. The predicted molar refractivity (Wildman–Crippen MR) is 62.5 cm³/mol. The molecule has 2 rings (SSSR count). The van der Waals surface area contributed by atoms with Crippen LogP contribution in [0, 0.1) is 0 Å². The van der Waals surface area contributed by atoms with Crippen LogP contribution in [0.4, 0.5) is 11.5 Å². The lowest BCUT2D eigenvalue weighted by Crippen LogP contribution is -1.96. The zero-order valence-electron chi connectivity index (χ0n) is 8.24. The summed E-state index contributed by atoms with van der Waals surface area (Å²) in [4.78, 5) is 0. The van der Waals surface area contributed by atoms with Crippen molar-refractivity contribution in [3.63, 3.8) is 0 Å². The summed E-state index contributed by atoms with van der Waals surface area (Å²) in [5.41, 5.74) is 13.5. The molecule has 1 aromatic carbocycles. The van der Waals surface area contributed by atoms with Crippen molar-refractivity contribution < 1.29 is 0 Å². The Hall–Kier alpha value is -1.68. The standard InChI is InChI=1S/C10H11ClN4/c1-15-9(8(12)10(13)14-15)6-4-2-3-5-7(6)11/h2-5H,12H2,1H3,(H2,13,14). The summed E-state index contributed by atoms with van der Waals surface area (Å²) in [6.07, 6.45) is 0. The first-order valence-electron chi connectivity index (χ1n) is 4.44. The van der Waals surface area contributed by atoms with Gasteiger partial charge in [0.15, 0.2) is 5.82 Å². The molecule has 0 amide bonds. The summed E-state index contributed by atoms with van der Waals surface area (Å²) in [5, 5.41) is 4.67. The number of aromatic nitrogens is 2. The molecule has 0 aliphatic carbocycles. The predicted octanol–water partition coefficient (Wildman–Crippen LogP) is 1.90. The largest absolute Gasteiger partial charge is 0.394 e. The Morgan fingerprint density at radius 1 is 1.27 bits per heavy atom. The van der Waals surface area contributed by atoms with Crippen molar-refractivity contribution >= 4 is 23.1 Å². The molecule has 0 fully saturated rings. The van der Waals surface area contributed by atoms with Gasteiger partial charge in [0.05, 0.1) is 10.7 Å². The maximum atomic E-state index is 6.07. The van der Waals surface area contributed by atoms with Crippen molar-refractivity contribution in [2.75, 3.05) is 11.5 Å². The Balaban J connectivity index is 2.69. The Morgan fingerprint density at radius 3 is 2.47 bits per heavy atom. The van der Waals surface area contributed by atoms with Gasteiger partial charge in [0.25, 0.3) is 0 Å². The summed E-state index contributed by atoms with van der Waals surface area (Å²) >= 11 is 6.07. The van der Waals surface area contributed by atoms with Gasteiger partial charge in [-0.1, -0.05) is 29.8 Å². The van der Waals surface area contributed by atoms with Crippen LogP contribution in [0.2, 0.25) is 5.02 Å². The number of hydrogen-bond donors (Lipinski definition) is 2. The highest BCUT2D eigenvalue weighted by Crippen LogP contribution is 2.33. The third kappa shape index (κ3) is 1.53. The summed E-state index contributed by atoms with van der Waals surface area (Å²) in [5.74, 6) is 0.326. The molecule has 0 aliphatic rings. The number of benzene rings is 1. The van der Waals surface area contributed by atoms with Gasteiger partial charge in [-0.25, -0.2) is 0 Å². The van der Waals surface area contributed by atoms with Crippen LogP contribution >= 0.6 is 11.6 Å². The number of anilines is 2. The molecule has 4 N–H and O–H groups in total. The fourth-order valence-electron chi connectivity index (χ4n) is 1.53. The fraction of sp³-hybridized carbons (Fsp3) is 0.100. The highest BCUT2D eigenvalue weighted by Gasteiger charge is 2.14. The normalized spacial score (nSPS) is 10.5. The molecule has 78 valence electrons. The molecule has 0 unspecified atom stereocenters. The molecule has 0 saturated heterocycles. The Kier molecular flexibility index (Phi) is 2.28. The van der Waals surface area contributed by atoms with E-state index in [1.54, 1.807) is 17.8 Å². The van der Waals surface area contributed by atoms with Crippen LogP contribution in [-0.4, -0.2) is 9.78 Å². The van der Waals surface area contributed by atoms with Crippen molar-refractivity contribution in [2.24, 2.45) is 7.05 Å². The topological polar surface area (TPSA) is 69.9 Å².